The molecule has 2 amide bonds. The number of unbranched alkanes of at least 4 members (excludes halogenated alkanes) is 7. The summed E-state index contributed by atoms with van der Waals surface area (Å²) in [5.41, 5.74) is 0. The van der Waals surface area contributed by atoms with Gasteiger partial charge in [-0.3, -0.25) is 4.79 Å². The number of likely N-dealkylation sites (tertiary alicyclic amines) is 1. The molecule has 1 rings (SSSR count). The molecule has 1 saturated heterocycles. The van der Waals surface area contributed by atoms with E-state index in [9.17, 15) is 9.59 Å². The minimum atomic E-state index is -0.453. The van der Waals surface area contributed by atoms with Crippen molar-refractivity contribution in [2.24, 2.45) is 0 Å². The average molecular weight is 269 g/mol. The van der Waals surface area contributed by atoms with Crippen LogP contribution >= 0.6 is 0 Å². The van der Waals surface area contributed by atoms with Gasteiger partial charge in [0.15, 0.2) is 0 Å². The average Bonchev–Trinajstić information content (AvgIpc) is 2.83. The van der Waals surface area contributed by atoms with Crippen molar-refractivity contribution >= 4 is 12.0 Å². The standard InChI is InChI=1S/C15H27NO3/c1-2-3-4-5-6-7-8-9-13-19-15(18)16-12-10-11-14(16)17/h2-13H2,1H3. The maximum atomic E-state index is 11.5. The molecule has 0 aromatic carbocycles. The van der Waals surface area contributed by atoms with Gasteiger partial charge < -0.3 is 4.74 Å². The van der Waals surface area contributed by atoms with Crippen LogP contribution in [0.2, 0.25) is 0 Å². The Morgan fingerprint density at radius 1 is 1.11 bits per heavy atom. The maximum absolute atomic E-state index is 11.5. The second kappa shape index (κ2) is 9.82. The maximum Gasteiger partial charge on any atom is 0.416 e. The van der Waals surface area contributed by atoms with Gasteiger partial charge in [0.2, 0.25) is 5.91 Å². The third-order valence-electron chi connectivity index (χ3n) is 3.52. The van der Waals surface area contributed by atoms with E-state index in [-0.39, 0.29) is 5.91 Å². The van der Waals surface area contributed by atoms with Crippen LogP contribution in [0.5, 0.6) is 0 Å². The number of rotatable bonds is 9. The molecule has 19 heavy (non-hydrogen) atoms. The first-order valence-electron chi connectivity index (χ1n) is 7.73. The fourth-order valence-corrected chi connectivity index (χ4v) is 2.31. The molecule has 4 heteroatoms. The molecule has 0 atom stereocenters. The molecule has 0 radical (unpaired) electrons. The number of ether oxygens (including phenoxy) is 1. The molecular formula is C15H27NO3. The van der Waals surface area contributed by atoms with Crippen LogP contribution in [0.4, 0.5) is 4.79 Å². The van der Waals surface area contributed by atoms with Gasteiger partial charge in [-0.25, -0.2) is 9.69 Å². The van der Waals surface area contributed by atoms with E-state index >= 15 is 0 Å². The van der Waals surface area contributed by atoms with Crippen LogP contribution in [0.1, 0.15) is 71.1 Å². The Morgan fingerprint density at radius 2 is 1.74 bits per heavy atom. The van der Waals surface area contributed by atoms with Gasteiger partial charge in [-0.15, -0.1) is 0 Å². The van der Waals surface area contributed by atoms with E-state index in [0.717, 1.165) is 19.3 Å². The molecule has 1 fully saturated rings. The molecule has 4 nitrogen and oxygen atoms in total. The van der Waals surface area contributed by atoms with E-state index in [1.54, 1.807) is 0 Å². The highest BCUT2D eigenvalue weighted by Crippen LogP contribution is 2.12. The summed E-state index contributed by atoms with van der Waals surface area (Å²) in [5, 5.41) is 0. The third-order valence-corrected chi connectivity index (χ3v) is 3.52. The lowest BCUT2D eigenvalue weighted by atomic mass is 10.1. The Balaban J connectivity index is 1.90. The second-order valence-corrected chi connectivity index (χ2v) is 5.24. The molecule has 0 unspecified atom stereocenters. The lowest BCUT2D eigenvalue weighted by Gasteiger charge is -2.13. The predicted molar refractivity (Wildman–Crippen MR) is 74.9 cm³/mol. The van der Waals surface area contributed by atoms with Crippen molar-refractivity contribution in [2.45, 2.75) is 71.1 Å². The number of nitrogens with zero attached hydrogens (tertiary/aromatic N) is 1. The van der Waals surface area contributed by atoms with Crippen molar-refractivity contribution in [1.82, 2.24) is 4.90 Å². The Hall–Kier alpha value is -1.06. The number of hydrogen-bond donors (Lipinski definition) is 0. The number of carbonyl (C=O) groups excluding carboxylic acids is 2. The Labute approximate surface area is 116 Å². The first-order chi connectivity index (χ1) is 9.25. The smallest absolute Gasteiger partial charge is 0.416 e. The number of hydrogen-bond acceptors (Lipinski definition) is 3. The van der Waals surface area contributed by atoms with Crippen molar-refractivity contribution in [2.75, 3.05) is 13.2 Å². The minimum Gasteiger partial charge on any atom is -0.449 e. The summed E-state index contributed by atoms with van der Waals surface area (Å²) in [4.78, 5) is 24.1. The second-order valence-electron chi connectivity index (χ2n) is 5.24. The predicted octanol–water partition coefficient (Wildman–Crippen LogP) is 3.89. The number of amides is 2. The van der Waals surface area contributed by atoms with Gasteiger partial charge >= 0.3 is 6.09 Å². The van der Waals surface area contributed by atoms with Crippen molar-refractivity contribution in [3.8, 4) is 0 Å². The molecule has 1 aliphatic rings. The van der Waals surface area contributed by atoms with Crippen molar-refractivity contribution in [3.63, 3.8) is 0 Å². The highest BCUT2D eigenvalue weighted by atomic mass is 16.6. The summed E-state index contributed by atoms with van der Waals surface area (Å²) in [5.74, 6) is -0.0964. The molecule has 0 spiro atoms. The molecule has 0 saturated carbocycles. The van der Waals surface area contributed by atoms with Crippen molar-refractivity contribution < 1.29 is 14.3 Å². The molecular weight excluding hydrogens is 242 g/mol. The van der Waals surface area contributed by atoms with Gasteiger partial charge in [0.05, 0.1) is 6.61 Å². The molecule has 0 aromatic heterocycles. The summed E-state index contributed by atoms with van der Waals surface area (Å²) < 4.78 is 5.11. The van der Waals surface area contributed by atoms with Gasteiger partial charge in [0.1, 0.15) is 0 Å². The molecule has 0 N–H and O–H groups in total. The summed E-state index contributed by atoms with van der Waals surface area (Å²) in [6.45, 7) is 3.19. The van der Waals surface area contributed by atoms with E-state index in [2.05, 4.69) is 6.92 Å². The SMILES string of the molecule is CCCCCCCCCCOC(=O)N1CCCC1=O. The highest BCUT2D eigenvalue weighted by Gasteiger charge is 2.27. The van der Waals surface area contributed by atoms with Gasteiger partial charge in [-0.1, -0.05) is 51.9 Å². The van der Waals surface area contributed by atoms with Crippen LogP contribution in [-0.2, 0) is 9.53 Å². The third kappa shape index (κ3) is 6.60. The summed E-state index contributed by atoms with van der Waals surface area (Å²) in [6, 6.07) is 0. The fraction of sp³-hybridized carbons (Fsp3) is 0.867. The summed E-state index contributed by atoms with van der Waals surface area (Å²) >= 11 is 0. The molecule has 0 aromatic rings. The largest absolute Gasteiger partial charge is 0.449 e. The topological polar surface area (TPSA) is 46.6 Å². The minimum absolute atomic E-state index is 0.0964. The van der Waals surface area contributed by atoms with Crippen LogP contribution < -0.4 is 0 Å². The molecule has 1 heterocycles. The first-order valence-corrected chi connectivity index (χ1v) is 7.73. The van der Waals surface area contributed by atoms with Gasteiger partial charge in [-0.05, 0) is 12.8 Å². The van der Waals surface area contributed by atoms with Crippen molar-refractivity contribution in [1.29, 1.82) is 0 Å². The van der Waals surface area contributed by atoms with Gasteiger partial charge in [0.25, 0.3) is 0 Å². The molecule has 0 bridgehead atoms. The summed E-state index contributed by atoms with van der Waals surface area (Å²) in [7, 11) is 0. The van der Waals surface area contributed by atoms with E-state index in [0.29, 0.717) is 19.6 Å². The Morgan fingerprint density at radius 3 is 2.32 bits per heavy atom. The van der Waals surface area contributed by atoms with E-state index in [4.69, 9.17) is 4.74 Å². The van der Waals surface area contributed by atoms with Crippen LogP contribution in [0, 0.1) is 0 Å². The Bertz CT molecular complexity index is 279. The van der Waals surface area contributed by atoms with E-state index < -0.39 is 6.09 Å². The lowest BCUT2D eigenvalue weighted by Crippen LogP contribution is -2.32. The zero-order chi connectivity index (χ0) is 13.9. The van der Waals surface area contributed by atoms with Crippen molar-refractivity contribution in [3.05, 3.63) is 0 Å². The van der Waals surface area contributed by atoms with E-state index in [1.165, 1.54) is 43.4 Å². The first kappa shape index (κ1) is 16.0. The van der Waals surface area contributed by atoms with Gasteiger partial charge in [0, 0.05) is 13.0 Å². The van der Waals surface area contributed by atoms with Crippen LogP contribution in [-0.4, -0.2) is 30.1 Å². The van der Waals surface area contributed by atoms with Crippen LogP contribution in [0.3, 0.4) is 0 Å². The number of carbonyl (C=O) groups is 2. The molecule has 0 aliphatic carbocycles. The van der Waals surface area contributed by atoms with Gasteiger partial charge in [-0.2, -0.15) is 0 Å². The lowest BCUT2D eigenvalue weighted by molar-refractivity contribution is -0.126. The van der Waals surface area contributed by atoms with Crippen LogP contribution in [0.25, 0.3) is 0 Å². The van der Waals surface area contributed by atoms with Crippen LogP contribution in [0.15, 0.2) is 0 Å². The molecule has 110 valence electrons. The summed E-state index contributed by atoms with van der Waals surface area (Å²) in [6.07, 6.45) is 10.6. The normalized spacial score (nSPS) is 15.0. The Kier molecular flexibility index (Phi) is 8.26. The molecule has 1 aliphatic heterocycles. The fourth-order valence-electron chi connectivity index (χ4n) is 2.31. The zero-order valence-corrected chi connectivity index (χ0v) is 12.2. The quantitative estimate of drug-likeness (QED) is 0.597. The number of imide groups is 1. The zero-order valence-electron chi connectivity index (χ0n) is 12.2. The monoisotopic (exact) mass is 269 g/mol. The van der Waals surface area contributed by atoms with E-state index in [1.807, 2.05) is 0 Å². The highest BCUT2D eigenvalue weighted by molar-refractivity contribution is 5.93.